The summed E-state index contributed by atoms with van der Waals surface area (Å²) in [7, 11) is 0. The summed E-state index contributed by atoms with van der Waals surface area (Å²) in [4.78, 5) is 24.0. The highest BCUT2D eigenvalue weighted by Crippen LogP contribution is 2.27. The molecule has 1 aromatic carbocycles. The molecular weight excluding hydrogens is 276 g/mol. The third-order valence-corrected chi connectivity index (χ3v) is 3.59. The second kappa shape index (κ2) is 6.53. The van der Waals surface area contributed by atoms with Gasteiger partial charge in [-0.15, -0.1) is 0 Å². The van der Waals surface area contributed by atoms with Crippen LogP contribution in [0.3, 0.4) is 0 Å². The summed E-state index contributed by atoms with van der Waals surface area (Å²) in [6.07, 6.45) is 0.926. The maximum Gasteiger partial charge on any atom is 0.310 e. The molecule has 1 saturated heterocycles. The Bertz CT molecular complexity index is 540. The van der Waals surface area contributed by atoms with E-state index in [9.17, 15) is 20.0 Å². The molecule has 1 aliphatic heterocycles. The molecule has 114 valence electrons. The lowest BCUT2D eigenvalue weighted by Gasteiger charge is -2.23. The van der Waals surface area contributed by atoms with Crippen molar-refractivity contribution in [1.82, 2.24) is 4.90 Å². The van der Waals surface area contributed by atoms with Gasteiger partial charge in [-0.25, -0.2) is 0 Å². The highest BCUT2D eigenvalue weighted by molar-refractivity contribution is 5.95. The Morgan fingerprint density at radius 2 is 2.33 bits per heavy atom. The minimum Gasteiger partial charge on any atom is -0.502 e. The first kappa shape index (κ1) is 15.2. The normalized spacial score (nSPS) is 17.7. The number of ether oxygens (including phenoxy) is 1. The van der Waals surface area contributed by atoms with Crippen molar-refractivity contribution in [1.29, 1.82) is 0 Å². The van der Waals surface area contributed by atoms with Gasteiger partial charge >= 0.3 is 5.69 Å². The standard InChI is InChI=1S/C14H18N2O5/c1-2-15(8-10-5-6-21-9-10)14(18)11-3-4-12(16(19)20)13(17)7-11/h3-4,7,10,17H,2,5-6,8-9H2,1H3/t10-/m0/s1. The second-order valence-corrected chi connectivity index (χ2v) is 5.03. The van der Waals surface area contributed by atoms with Crippen LogP contribution in [0.2, 0.25) is 0 Å². The average Bonchev–Trinajstić information content (AvgIpc) is 2.96. The molecule has 7 nitrogen and oxygen atoms in total. The molecule has 7 heteroatoms. The van der Waals surface area contributed by atoms with Crippen LogP contribution in [0.4, 0.5) is 5.69 Å². The highest BCUT2D eigenvalue weighted by Gasteiger charge is 2.23. The van der Waals surface area contributed by atoms with Crippen molar-refractivity contribution in [2.24, 2.45) is 5.92 Å². The van der Waals surface area contributed by atoms with Crippen molar-refractivity contribution in [2.45, 2.75) is 13.3 Å². The van der Waals surface area contributed by atoms with Crippen LogP contribution in [-0.2, 0) is 4.74 Å². The monoisotopic (exact) mass is 294 g/mol. The van der Waals surface area contributed by atoms with Gasteiger partial charge in [0.2, 0.25) is 0 Å². The van der Waals surface area contributed by atoms with Gasteiger partial charge in [0.15, 0.2) is 5.75 Å². The number of nitro groups is 1. The highest BCUT2D eigenvalue weighted by atomic mass is 16.6. The smallest absolute Gasteiger partial charge is 0.310 e. The topological polar surface area (TPSA) is 92.9 Å². The molecule has 0 spiro atoms. The van der Waals surface area contributed by atoms with E-state index in [4.69, 9.17) is 4.74 Å². The lowest BCUT2D eigenvalue weighted by molar-refractivity contribution is -0.385. The van der Waals surface area contributed by atoms with Gasteiger partial charge in [-0.05, 0) is 25.5 Å². The number of carbonyl (C=O) groups excluding carboxylic acids is 1. The van der Waals surface area contributed by atoms with Crippen LogP contribution in [-0.4, -0.2) is 47.1 Å². The molecule has 1 heterocycles. The summed E-state index contributed by atoms with van der Waals surface area (Å²) in [5, 5.41) is 20.3. The molecule has 2 rings (SSSR count). The number of phenols is 1. The van der Waals surface area contributed by atoms with E-state index in [0.29, 0.717) is 32.2 Å². The SMILES string of the molecule is CCN(C[C@@H]1CCOC1)C(=O)c1ccc([N+](=O)[O-])c(O)c1. The van der Waals surface area contributed by atoms with Crippen LogP contribution in [0.25, 0.3) is 0 Å². The Morgan fingerprint density at radius 3 is 2.86 bits per heavy atom. The Morgan fingerprint density at radius 1 is 1.57 bits per heavy atom. The third kappa shape index (κ3) is 3.49. The van der Waals surface area contributed by atoms with Gasteiger partial charge in [0.1, 0.15) is 0 Å². The van der Waals surface area contributed by atoms with E-state index in [1.54, 1.807) is 4.90 Å². The van der Waals surface area contributed by atoms with Crippen molar-refractivity contribution >= 4 is 11.6 Å². The summed E-state index contributed by atoms with van der Waals surface area (Å²) in [6.45, 7) is 4.36. The number of amides is 1. The Hall–Kier alpha value is -2.15. The number of nitrogens with zero attached hydrogens (tertiary/aromatic N) is 2. The number of rotatable bonds is 5. The largest absolute Gasteiger partial charge is 0.502 e. The van der Waals surface area contributed by atoms with Gasteiger partial charge in [-0.2, -0.15) is 0 Å². The lowest BCUT2D eigenvalue weighted by Crippen LogP contribution is -2.35. The molecule has 0 saturated carbocycles. The molecule has 0 aliphatic carbocycles. The minimum absolute atomic E-state index is 0.241. The van der Waals surface area contributed by atoms with Crippen LogP contribution in [0.1, 0.15) is 23.7 Å². The van der Waals surface area contributed by atoms with Crippen molar-refractivity contribution in [3.8, 4) is 5.75 Å². The fourth-order valence-electron chi connectivity index (χ4n) is 2.39. The third-order valence-electron chi connectivity index (χ3n) is 3.59. The summed E-state index contributed by atoms with van der Waals surface area (Å²) in [5.74, 6) is -0.416. The molecule has 1 aromatic rings. The van der Waals surface area contributed by atoms with Crippen LogP contribution in [0, 0.1) is 16.0 Å². The van der Waals surface area contributed by atoms with E-state index < -0.39 is 16.4 Å². The summed E-state index contributed by atoms with van der Waals surface area (Å²) in [6, 6.07) is 3.66. The second-order valence-electron chi connectivity index (χ2n) is 5.03. The van der Waals surface area contributed by atoms with Gasteiger partial charge in [-0.3, -0.25) is 14.9 Å². The molecular formula is C14H18N2O5. The minimum atomic E-state index is -0.683. The zero-order valence-electron chi connectivity index (χ0n) is 11.8. The Balaban J connectivity index is 2.13. The molecule has 0 aromatic heterocycles. The van der Waals surface area contributed by atoms with E-state index in [1.807, 2.05) is 6.92 Å². The number of benzene rings is 1. The number of hydrogen-bond acceptors (Lipinski definition) is 5. The maximum atomic E-state index is 12.4. The van der Waals surface area contributed by atoms with Crippen LogP contribution in [0.15, 0.2) is 18.2 Å². The molecule has 1 N–H and O–H groups in total. The van der Waals surface area contributed by atoms with E-state index in [1.165, 1.54) is 6.07 Å². The van der Waals surface area contributed by atoms with E-state index >= 15 is 0 Å². The molecule has 0 radical (unpaired) electrons. The van der Waals surface area contributed by atoms with Crippen LogP contribution in [0.5, 0.6) is 5.75 Å². The first-order chi connectivity index (χ1) is 10.0. The van der Waals surface area contributed by atoms with Crippen LogP contribution < -0.4 is 0 Å². The van der Waals surface area contributed by atoms with Crippen molar-refractivity contribution < 1.29 is 19.6 Å². The first-order valence-electron chi connectivity index (χ1n) is 6.87. The fourth-order valence-corrected chi connectivity index (χ4v) is 2.39. The predicted molar refractivity (Wildman–Crippen MR) is 75.3 cm³/mol. The number of phenolic OH excluding ortho intramolecular Hbond substituents is 1. The van der Waals surface area contributed by atoms with Crippen molar-refractivity contribution in [3.05, 3.63) is 33.9 Å². The summed E-state index contributed by atoms with van der Waals surface area (Å²) >= 11 is 0. The van der Waals surface area contributed by atoms with E-state index in [-0.39, 0.29) is 11.5 Å². The maximum absolute atomic E-state index is 12.4. The molecule has 21 heavy (non-hydrogen) atoms. The van der Waals surface area contributed by atoms with Crippen LogP contribution >= 0.6 is 0 Å². The van der Waals surface area contributed by atoms with Crippen molar-refractivity contribution in [3.63, 3.8) is 0 Å². The average molecular weight is 294 g/mol. The summed E-state index contributed by atoms with van der Waals surface area (Å²) < 4.78 is 5.30. The summed E-state index contributed by atoms with van der Waals surface area (Å²) in [5.41, 5.74) is -0.155. The molecule has 0 bridgehead atoms. The molecule has 1 aliphatic rings. The lowest BCUT2D eigenvalue weighted by atomic mass is 10.1. The molecule has 1 fully saturated rings. The Kier molecular flexibility index (Phi) is 4.74. The van der Waals surface area contributed by atoms with Gasteiger partial charge in [0.25, 0.3) is 5.91 Å². The van der Waals surface area contributed by atoms with Gasteiger partial charge < -0.3 is 14.7 Å². The molecule has 0 unspecified atom stereocenters. The Labute approximate surface area is 122 Å². The fraction of sp³-hybridized carbons (Fsp3) is 0.500. The number of aromatic hydroxyl groups is 1. The van der Waals surface area contributed by atoms with Gasteiger partial charge in [0.05, 0.1) is 11.5 Å². The van der Waals surface area contributed by atoms with Gasteiger partial charge in [0, 0.05) is 37.2 Å². The molecule has 1 amide bonds. The zero-order valence-corrected chi connectivity index (χ0v) is 11.8. The number of hydrogen-bond donors (Lipinski definition) is 1. The zero-order chi connectivity index (χ0) is 15.4. The van der Waals surface area contributed by atoms with Gasteiger partial charge in [-0.1, -0.05) is 0 Å². The first-order valence-corrected chi connectivity index (χ1v) is 6.87. The number of nitro benzene ring substituents is 1. The van der Waals surface area contributed by atoms with E-state index in [0.717, 1.165) is 18.6 Å². The number of carbonyl (C=O) groups is 1. The quantitative estimate of drug-likeness (QED) is 0.660. The van der Waals surface area contributed by atoms with E-state index in [2.05, 4.69) is 0 Å². The predicted octanol–water partition coefficient (Wildman–Crippen LogP) is 1.80. The molecule has 1 atom stereocenters. The van der Waals surface area contributed by atoms with Crippen molar-refractivity contribution in [2.75, 3.05) is 26.3 Å².